The molecule has 100 valence electrons. The van der Waals surface area contributed by atoms with Crippen LogP contribution in [0.1, 0.15) is 11.1 Å². The fourth-order valence-electron chi connectivity index (χ4n) is 1.45. The summed E-state index contributed by atoms with van der Waals surface area (Å²) in [5.41, 5.74) is 2.35. The molecule has 1 heterocycles. The average Bonchev–Trinajstić information content (AvgIpc) is 2.33. The van der Waals surface area contributed by atoms with Crippen molar-refractivity contribution in [3.05, 3.63) is 34.6 Å². The van der Waals surface area contributed by atoms with Crippen LogP contribution in [-0.4, -0.2) is 29.0 Å². The molecule has 0 aliphatic heterocycles. The van der Waals surface area contributed by atoms with Crippen molar-refractivity contribution < 1.29 is 4.74 Å². The molecule has 2 rings (SSSR count). The third-order valence-electron chi connectivity index (χ3n) is 2.66. The van der Waals surface area contributed by atoms with Gasteiger partial charge in [0.1, 0.15) is 5.75 Å². The zero-order chi connectivity index (χ0) is 14.0. The molecule has 0 spiro atoms. The Labute approximate surface area is 117 Å². The van der Waals surface area contributed by atoms with Gasteiger partial charge in [0.25, 0.3) is 0 Å². The van der Waals surface area contributed by atoms with Gasteiger partial charge in [-0.15, -0.1) is 0 Å². The fraction of sp³-hybridized carbons (Fsp3) is 0.308. The van der Waals surface area contributed by atoms with Gasteiger partial charge in [-0.2, -0.15) is 15.0 Å². The largest absolute Gasteiger partial charge is 0.424 e. The van der Waals surface area contributed by atoms with Crippen LogP contribution >= 0.6 is 11.6 Å². The predicted molar refractivity (Wildman–Crippen MR) is 75.2 cm³/mol. The van der Waals surface area contributed by atoms with Crippen molar-refractivity contribution in [3.63, 3.8) is 0 Å². The van der Waals surface area contributed by atoms with Gasteiger partial charge in [-0.1, -0.05) is 6.07 Å². The highest BCUT2D eigenvalue weighted by atomic mass is 35.5. The van der Waals surface area contributed by atoms with E-state index in [9.17, 15) is 0 Å². The van der Waals surface area contributed by atoms with E-state index in [0.717, 1.165) is 5.56 Å². The minimum absolute atomic E-state index is 0.109. The van der Waals surface area contributed by atoms with E-state index in [4.69, 9.17) is 16.3 Å². The predicted octanol–water partition coefficient (Wildman–Crippen LogP) is 3.00. The molecule has 0 aliphatic carbocycles. The van der Waals surface area contributed by atoms with Crippen molar-refractivity contribution in [1.82, 2.24) is 15.0 Å². The topological polar surface area (TPSA) is 51.1 Å². The number of anilines is 1. The first kappa shape index (κ1) is 13.5. The lowest BCUT2D eigenvalue weighted by molar-refractivity contribution is 0.439. The van der Waals surface area contributed by atoms with Crippen LogP contribution in [0.2, 0.25) is 5.28 Å². The van der Waals surface area contributed by atoms with Crippen LogP contribution in [0.15, 0.2) is 18.2 Å². The summed E-state index contributed by atoms with van der Waals surface area (Å²) in [7, 11) is 3.65. The summed E-state index contributed by atoms with van der Waals surface area (Å²) in [5.74, 6) is 1.13. The number of hydrogen-bond acceptors (Lipinski definition) is 5. The quantitative estimate of drug-likeness (QED) is 0.864. The van der Waals surface area contributed by atoms with Crippen LogP contribution in [0, 0.1) is 13.8 Å². The Kier molecular flexibility index (Phi) is 3.85. The van der Waals surface area contributed by atoms with Gasteiger partial charge in [-0.3, -0.25) is 0 Å². The van der Waals surface area contributed by atoms with E-state index in [1.54, 1.807) is 4.90 Å². The third kappa shape index (κ3) is 3.32. The Morgan fingerprint density at radius 3 is 2.42 bits per heavy atom. The molecule has 0 saturated heterocycles. The van der Waals surface area contributed by atoms with Crippen molar-refractivity contribution in [2.75, 3.05) is 19.0 Å². The van der Waals surface area contributed by atoms with Gasteiger partial charge < -0.3 is 9.64 Å². The second-order valence-corrected chi connectivity index (χ2v) is 4.77. The number of nitrogens with zero attached hydrogens (tertiary/aromatic N) is 4. The molecule has 19 heavy (non-hydrogen) atoms. The van der Waals surface area contributed by atoms with Crippen molar-refractivity contribution in [2.45, 2.75) is 13.8 Å². The summed E-state index contributed by atoms with van der Waals surface area (Å²) in [6, 6.07) is 5.98. The van der Waals surface area contributed by atoms with Gasteiger partial charge in [-0.25, -0.2) is 0 Å². The van der Waals surface area contributed by atoms with Crippen LogP contribution in [0.25, 0.3) is 0 Å². The first-order chi connectivity index (χ1) is 8.95. The van der Waals surface area contributed by atoms with Gasteiger partial charge in [0.15, 0.2) is 0 Å². The Bertz CT molecular complexity index is 601. The molecule has 0 bridgehead atoms. The molecule has 0 N–H and O–H groups in total. The Balaban J connectivity index is 2.29. The highest BCUT2D eigenvalue weighted by Gasteiger charge is 2.09. The number of hydrogen-bond donors (Lipinski definition) is 0. The number of benzene rings is 1. The molecule has 1 aromatic carbocycles. The number of aromatic nitrogens is 3. The molecule has 5 nitrogen and oxygen atoms in total. The highest BCUT2D eigenvalue weighted by molar-refractivity contribution is 6.28. The number of rotatable bonds is 3. The van der Waals surface area contributed by atoms with E-state index in [-0.39, 0.29) is 11.3 Å². The van der Waals surface area contributed by atoms with Crippen molar-refractivity contribution in [2.24, 2.45) is 0 Å². The Morgan fingerprint density at radius 1 is 1.05 bits per heavy atom. The summed E-state index contributed by atoms with van der Waals surface area (Å²) < 4.78 is 5.61. The van der Waals surface area contributed by atoms with Crippen LogP contribution < -0.4 is 9.64 Å². The van der Waals surface area contributed by atoms with Crippen LogP contribution in [-0.2, 0) is 0 Å². The van der Waals surface area contributed by atoms with Gasteiger partial charge in [0.2, 0.25) is 11.2 Å². The summed E-state index contributed by atoms with van der Waals surface area (Å²) in [6.07, 6.45) is 0. The van der Waals surface area contributed by atoms with E-state index in [1.807, 2.05) is 46.1 Å². The van der Waals surface area contributed by atoms with Gasteiger partial charge >= 0.3 is 6.01 Å². The van der Waals surface area contributed by atoms with E-state index in [0.29, 0.717) is 11.7 Å². The third-order valence-corrected chi connectivity index (χ3v) is 2.83. The lowest BCUT2D eigenvalue weighted by Gasteiger charge is -2.11. The van der Waals surface area contributed by atoms with Crippen LogP contribution in [0.4, 0.5) is 5.95 Å². The standard InChI is InChI=1S/C13H15ClN4O/c1-8-5-6-10(7-9(8)2)19-13-16-11(14)15-12(17-13)18(3)4/h5-7H,1-4H3. The molecule has 1 aromatic heterocycles. The van der Waals surface area contributed by atoms with Gasteiger partial charge in [0.05, 0.1) is 0 Å². The van der Waals surface area contributed by atoms with Crippen LogP contribution in [0.3, 0.4) is 0 Å². The molecule has 0 radical (unpaired) electrons. The second-order valence-electron chi connectivity index (χ2n) is 4.43. The van der Waals surface area contributed by atoms with E-state index in [1.165, 1.54) is 5.56 Å². The van der Waals surface area contributed by atoms with Crippen molar-refractivity contribution >= 4 is 17.5 Å². The van der Waals surface area contributed by atoms with Crippen molar-refractivity contribution in [3.8, 4) is 11.8 Å². The summed E-state index contributed by atoms with van der Waals surface area (Å²) in [4.78, 5) is 13.9. The summed E-state index contributed by atoms with van der Waals surface area (Å²) >= 11 is 5.85. The average molecular weight is 279 g/mol. The minimum atomic E-state index is 0.109. The highest BCUT2D eigenvalue weighted by Crippen LogP contribution is 2.22. The maximum absolute atomic E-state index is 5.85. The molecule has 6 heteroatoms. The maximum Gasteiger partial charge on any atom is 0.328 e. The zero-order valence-electron chi connectivity index (χ0n) is 11.3. The lowest BCUT2D eigenvalue weighted by Crippen LogP contribution is -2.13. The van der Waals surface area contributed by atoms with Gasteiger partial charge in [0, 0.05) is 14.1 Å². The summed E-state index contributed by atoms with van der Waals surface area (Å²) in [6.45, 7) is 4.07. The number of ether oxygens (including phenoxy) is 1. The monoisotopic (exact) mass is 278 g/mol. The normalized spacial score (nSPS) is 10.4. The van der Waals surface area contributed by atoms with Gasteiger partial charge in [-0.05, 0) is 48.7 Å². The zero-order valence-corrected chi connectivity index (χ0v) is 12.1. The fourth-order valence-corrected chi connectivity index (χ4v) is 1.60. The molecular formula is C13H15ClN4O. The number of halogens is 1. The smallest absolute Gasteiger partial charge is 0.328 e. The summed E-state index contributed by atoms with van der Waals surface area (Å²) in [5, 5.41) is 0.109. The number of aryl methyl sites for hydroxylation is 2. The molecule has 0 saturated carbocycles. The first-order valence-electron chi connectivity index (χ1n) is 5.79. The second kappa shape index (κ2) is 5.40. The van der Waals surface area contributed by atoms with E-state index < -0.39 is 0 Å². The molecule has 0 aliphatic rings. The lowest BCUT2D eigenvalue weighted by atomic mass is 10.1. The van der Waals surface area contributed by atoms with Crippen LogP contribution in [0.5, 0.6) is 11.8 Å². The van der Waals surface area contributed by atoms with Crippen molar-refractivity contribution in [1.29, 1.82) is 0 Å². The molecule has 0 fully saturated rings. The Morgan fingerprint density at radius 2 is 1.79 bits per heavy atom. The molecule has 0 atom stereocenters. The first-order valence-corrected chi connectivity index (χ1v) is 6.17. The maximum atomic E-state index is 5.85. The molecule has 0 unspecified atom stereocenters. The molecular weight excluding hydrogens is 264 g/mol. The SMILES string of the molecule is Cc1ccc(Oc2nc(Cl)nc(N(C)C)n2)cc1C. The molecule has 2 aromatic rings. The Hall–Kier alpha value is -1.88. The van der Waals surface area contributed by atoms with E-state index in [2.05, 4.69) is 15.0 Å². The van der Waals surface area contributed by atoms with E-state index >= 15 is 0 Å². The molecule has 0 amide bonds. The minimum Gasteiger partial charge on any atom is -0.424 e.